The molecule has 1 aromatic carbocycles. The van der Waals surface area contributed by atoms with E-state index in [1.54, 1.807) is 6.33 Å². The first-order chi connectivity index (χ1) is 10.3. The van der Waals surface area contributed by atoms with Crippen LogP contribution in [0.1, 0.15) is 31.7 Å². The van der Waals surface area contributed by atoms with Gasteiger partial charge in [0.2, 0.25) is 0 Å². The summed E-state index contributed by atoms with van der Waals surface area (Å²) in [7, 11) is 0. The van der Waals surface area contributed by atoms with Crippen LogP contribution in [0.5, 0.6) is 0 Å². The first-order valence-electron chi connectivity index (χ1n) is 7.33. The van der Waals surface area contributed by atoms with Gasteiger partial charge in [-0.1, -0.05) is 49.6 Å². The van der Waals surface area contributed by atoms with E-state index in [-0.39, 0.29) is 0 Å². The highest BCUT2D eigenvalue weighted by Crippen LogP contribution is 2.17. The molecule has 0 amide bonds. The summed E-state index contributed by atoms with van der Waals surface area (Å²) in [6.07, 6.45) is 5.17. The second-order valence-electron chi connectivity index (χ2n) is 4.87. The minimum Gasteiger partial charge on any atom is -0.370 e. The Balaban J connectivity index is 1.87. The van der Waals surface area contributed by atoms with Crippen molar-refractivity contribution in [2.45, 2.75) is 32.7 Å². The Labute approximate surface area is 131 Å². The molecule has 0 aliphatic rings. The lowest BCUT2D eigenvalue weighted by Crippen LogP contribution is -2.06. The molecule has 21 heavy (non-hydrogen) atoms. The highest BCUT2D eigenvalue weighted by Gasteiger charge is 2.01. The highest BCUT2D eigenvalue weighted by molar-refractivity contribution is 6.31. The summed E-state index contributed by atoms with van der Waals surface area (Å²) in [6, 6.07) is 9.71. The van der Waals surface area contributed by atoms with E-state index in [2.05, 4.69) is 27.5 Å². The third kappa shape index (κ3) is 5.23. The van der Waals surface area contributed by atoms with E-state index in [4.69, 9.17) is 11.6 Å². The van der Waals surface area contributed by atoms with Gasteiger partial charge in [-0.2, -0.15) is 0 Å². The van der Waals surface area contributed by atoms with Crippen molar-refractivity contribution < 1.29 is 0 Å². The topological polar surface area (TPSA) is 49.8 Å². The molecule has 0 atom stereocenters. The van der Waals surface area contributed by atoms with E-state index in [0.717, 1.165) is 35.2 Å². The standard InChI is InChI=1S/C16H21ClN4/c1-2-3-6-9-18-15-10-16(21-12-20-15)19-11-13-7-4-5-8-14(13)17/h4-5,7-8,10,12H,2-3,6,9,11H2,1H3,(H2,18,19,20,21). The van der Waals surface area contributed by atoms with E-state index >= 15 is 0 Å². The number of hydrogen-bond donors (Lipinski definition) is 2. The van der Waals surface area contributed by atoms with Crippen LogP contribution < -0.4 is 10.6 Å². The summed E-state index contributed by atoms with van der Waals surface area (Å²) in [5.74, 6) is 1.64. The van der Waals surface area contributed by atoms with Crippen LogP contribution in [0.15, 0.2) is 36.7 Å². The molecular weight excluding hydrogens is 284 g/mol. The molecule has 0 saturated carbocycles. The van der Waals surface area contributed by atoms with Gasteiger partial charge in [-0.05, 0) is 18.1 Å². The van der Waals surface area contributed by atoms with Crippen molar-refractivity contribution in [2.75, 3.05) is 17.2 Å². The number of halogens is 1. The molecule has 2 aromatic rings. The van der Waals surface area contributed by atoms with Crippen LogP contribution in [0.25, 0.3) is 0 Å². The molecule has 5 heteroatoms. The molecule has 0 fully saturated rings. The Morgan fingerprint density at radius 3 is 2.57 bits per heavy atom. The van der Waals surface area contributed by atoms with Gasteiger partial charge >= 0.3 is 0 Å². The first kappa shape index (κ1) is 15.6. The van der Waals surface area contributed by atoms with Crippen molar-refractivity contribution in [1.82, 2.24) is 9.97 Å². The summed E-state index contributed by atoms with van der Waals surface area (Å²) < 4.78 is 0. The number of nitrogens with zero attached hydrogens (tertiary/aromatic N) is 2. The Kier molecular flexibility index (Phi) is 6.28. The van der Waals surface area contributed by atoms with Gasteiger partial charge in [0.25, 0.3) is 0 Å². The summed E-state index contributed by atoms with van der Waals surface area (Å²) in [6.45, 7) is 3.78. The molecule has 1 aromatic heterocycles. The van der Waals surface area contributed by atoms with Crippen LogP contribution in [0.4, 0.5) is 11.6 Å². The van der Waals surface area contributed by atoms with Crippen LogP contribution in [0.2, 0.25) is 5.02 Å². The molecule has 2 rings (SSSR count). The maximum Gasteiger partial charge on any atom is 0.131 e. The van der Waals surface area contributed by atoms with Gasteiger partial charge in [0.15, 0.2) is 0 Å². The van der Waals surface area contributed by atoms with Gasteiger partial charge in [0, 0.05) is 24.2 Å². The highest BCUT2D eigenvalue weighted by atomic mass is 35.5. The van der Waals surface area contributed by atoms with Crippen LogP contribution in [0, 0.1) is 0 Å². The molecule has 0 radical (unpaired) electrons. The molecule has 0 spiro atoms. The number of anilines is 2. The maximum absolute atomic E-state index is 6.13. The number of unbranched alkanes of at least 4 members (excludes halogenated alkanes) is 2. The number of aromatic nitrogens is 2. The fourth-order valence-corrected chi connectivity index (χ4v) is 2.17. The zero-order chi connectivity index (χ0) is 14.9. The summed E-state index contributed by atoms with van der Waals surface area (Å²) in [5, 5.41) is 7.34. The zero-order valence-corrected chi connectivity index (χ0v) is 13.0. The van der Waals surface area contributed by atoms with Crippen LogP contribution in [-0.2, 0) is 6.54 Å². The van der Waals surface area contributed by atoms with Crippen molar-refractivity contribution in [3.8, 4) is 0 Å². The Bertz CT molecular complexity index is 559. The third-order valence-electron chi connectivity index (χ3n) is 3.17. The van der Waals surface area contributed by atoms with E-state index in [1.807, 2.05) is 30.3 Å². The van der Waals surface area contributed by atoms with Crippen LogP contribution in [0.3, 0.4) is 0 Å². The second-order valence-corrected chi connectivity index (χ2v) is 5.27. The van der Waals surface area contributed by atoms with E-state index in [1.165, 1.54) is 12.8 Å². The normalized spacial score (nSPS) is 10.4. The van der Waals surface area contributed by atoms with Crippen molar-refractivity contribution in [2.24, 2.45) is 0 Å². The van der Waals surface area contributed by atoms with Gasteiger partial charge in [-0.3, -0.25) is 0 Å². The monoisotopic (exact) mass is 304 g/mol. The first-order valence-corrected chi connectivity index (χ1v) is 7.70. The molecule has 0 saturated heterocycles. The zero-order valence-electron chi connectivity index (χ0n) is 12.3. The molecule has 0 aliphatic heterocycles. The molecule has 4 nitrogen and oxygen atoms in total. The average molecular weight is 305 g/mol. The van der Waals surface area contributed by atoms with Gasteiger partial charge in [-0.15, -0.1) is 0 Å². The average Bonchev–Trinajstić information content (AvgIpc) is 2.51. The fraction of sp³-hybridized carbons (Fsp3) is 0.375. The maximum atomic E-state index is 6.13. The predicted molar refractivity (Wildman–Crippen MR) is 88.8 cm³/mol. The lowest BCUT2D eigenvalue weighted by molar-refractivity contribution is 0.742. The van der Waals surface area contributed by atoms with E-state index in [9.17, 15) is 0 Å². The quantitative estimate of drug-likeness (QED) is 0.712. The molecular formula is C16H21ClN4. The van der Waals surface area contributed by atoms with Crippen molar-refractivity contribution >= 4 is 23.2 Å². The fourth-order valence-electron chi connectivity index (χ4n) is 1.97. The van der Waals surface area contributed by atoms with Gasteiger partial charge in [0.1, 0.15) is 18.0 Å². The van der Waals surface area contributed by atoms with Crippen molar-refractivity contribution in [3.05, 3.63) is 47.2 Å². The smallest absolute Gasteiger partial charge is 0.131 e. The predicted octanol–water partition coefficient (Wildman–Crippen LogP) is 4.34. The third-order valence-corrected chi connectivity index (χ3v) is 3.54. The Morgan fingerprint density at radius 2 is 1.81 bits per heavy atom. The Morgan fingerprint density at radius 1 is 1.05 bits per heavy atom. The Hall–Kier alpha value is -1.81. The molecule has 2 N–H and O–H groups in total. The van der Waals surface area contributed by atoms with Gasteiger partial charge in [-0.25, -0.2) is 9.97 Å². The van der Waals surface area contributed by atoms with Crippen LogP contribution >= 0.6 is 11.6 Å². The number of hydrogen-bond acceptors (Lipinski definition) is 4. The van der Waals surface area contributed by atoms with E-state index < -0.39 is 0 Å². The van der Waals surface area contributed by atoms with Gasteiger partial charge < -0.3 is 10.6 Å². The summed E-state index contributed by atoms with van der Waals surface area (Å²) in [4.78, 5) is 8.44. The SMILES string of the molecule is CCCCCNc1cc(NCc2ccccc2Cl)ncn1. The molecule has 112 valence electrons. The minimum atomic E-state index is 0.645. The number of rotatable bonds is 8. The van der Waals surface area contributed by atoms with Crippen molar-refractivity contribution in [1.29, 1.82) is 0 Å². The van der Waals surface area contributed by atoms with E-state index in [0.29, 0.717) is 6.54 Å². The summed E-state index contributed by atoms with van der Waals surface area (Å²) in [5.41, 5.74) is 1.05. The summed E-state index contributed by atoms with van der Waals surface area (Å²) >= 11 is 6.13. The number of benzene rings is 1. The lowest BCUT2D eigenvalue weighted by Gasteiger charge is -2.09. The lowest BCUT2D eigenvalue weighted by atomic mass is 10.2. The minimum absolute atomic E-state index is 0.645. The molecule has 1 heterocycles. The molecule has 0 aliphatic carbocycles. The second kappa shape index (κ2) is 8.47. The van der Waals surface area contributed by atoms with Gasteiger partial charge in [0.05, 0.1) is 0 Å². The van der Waals surface area contributed by atoms with Crippen molar-refractivity contribution in [3.63, 3.8) is 0 Å². The number of nitrogens with one attached hydrogen (secondary N) is 2. The largest absolute Gasteiger partial charge is 0.370 e. The molecule has 0 bridgehead atoms. The molecule has 0 unspecified atom stereocenters. The van der Waals surface area contributed by atoms with Crippen LogP contribution in [-0.4, -0.2) is 16.5 Å².